The Bertz CT molecular complexity index is 790. The van der Waals surface area contributed by atoms with Crippen molar-refractivity contribution in [3.63, 3.8) is 0 Å². The average molecular weight is 375 g/mol. The van der Waals surface area contributed by atoms with Crippen LogP contribution in [0.1, 0.15) is 29.2 Å². The number of hydrogen-bond acceptors (Lipinski definition) is 3. The number of aryl methyl sites for hydroxylation is 1. The topological polar surface area (TPSA) is 24.5 Å². The first-order chi connectivity index (χ1) is 12.6. The third kappa shape index (κ3) is 3.34. The van der Waals surface area contributed by atoms with E-state index < -0.39 is 5.82 Å². The first kappa shape index (κ1) is 17.8. The number of ether oxygens (including phenoxy) is 1. The highest BCUT2D eigenvalue weighted by Gasteiger charge is 2.38. The van der Waals surface area contributed by atoms with Crippen LogP contribution < -0.4 is 10.1 Å². The molecule has 0 saturated carbocycles. The van der Waals surface area contributed by atoms with Gasteiger partial charge in [-0.2, -0.15) is 0 Å². The fourth-order valence-electron chi connectivity index (χ4n) is 4.06. The molecule has 1 N–H and O–H groups in total. The van der Waals surface area contributed by atoms with E-state index in [-0.39, 0.29) is 17.9 Å². The van der Waals surface area contributed by atoms with Crippen molar-refractivity contribution in [1.29, 1.82) is 0 Å². The summed E-state index contributed by atoms with van der Waals surface area (Å²) >= 11 is 6.38. The van der Waals surface area contributed by atoms with Gasteiger partial charge < -0.3 is 10.1 Å². The van der Waals surface area contributed by atoms with Crippen molar-refractivity contribution >= 4 is 11.6 Å². The molecule has 1 fully saturated rings. The van der Waals surface area contributed by atoms with Crippen LogP contribution in [0, 0.1) is 12.7 Å². The summed E-state index contributed by atoms with van der Waals surface area (Å²) in [4.78, 5) is 2.48. The van der Waals surface area contributed by atoms with Crippen LogP contribution in [0.3, 0.4) is 0 Å². The minimum absolute atomic E-state index is 0.173. The quantitative estimate of drug-likeness (QED) is 0.874. The Labute approximate surface area is 159 Å². The smallest absolute Gasteiger partial charge is 0.174 e. The molecule has 4 rings (SSSR count). The molecule has 1 aliphatic heterocycles. The average Bonchev–Trinajstić information content (AvgIpc) is 2.82. The minimum Gasteiger partial charge on any atom is -0.479 e. The molecule has 2 aromatic rings. The van der Waals surface area contributed by atoms with Crippen molar-refractivity contribution in [1.82, 2.24) is 10.2 Å². The maximum atomic E-state index is 14.5. The standard InChI is InChI=1S/C21H24ClFN2O/c1-14-7-8-17(23)21(19(14)22)26-20-16-6-3-2-5-15(16)13-18(20)25-11-4-9-24-10-12-25/h2-3,5-8,18,20,24H,4,9-13H2,1H3/t18-,20+/m1/s1. The summed E-state index contributed by atoms with van der Waals surface area (Å²) in [6.45, 7) is 5.88. The summed E-state index contributed by atoms with van der Waals surface area (Å²) in [6, 6.07) is 11.6. The molecule has 3 nitrogen and oxygen atoms in total. The Morgan fingerprint density at radius 2 is 2.00 bits per heavy atom. The third-order valence-corrected chi connectivity index (χ3v) is 5.94. The summed E-state index contributed by atoms with van der Waals surface area (Å²) in [6.07, 6.45) is 1.82. The van der Waals surface area contributed by atoms with E-state index in [4.69, 9.17) is 16.3 Å². The molecule has 0 radical (unpaired) electrons. The lowest BCUT2D eigenvalue weighted by atomic mass is 10.1. The monoisotopic (exact) mass is 374 g/mol. The van der Waals surface area contributed by atoms with Gasteiger partial charge in [0.15, 0.2) is 11.6 Å². The third-order valence-electron chi connectivity index (χ3n) is 5.47. The van der Waals surface area contributed by atoms with Crippen LogP contribution in [-0.4, -0.2) is 37.1 Å². The van der Waals surface area contributed by atoms with E-state index in [1.165, 1.54) is 11.6 Å². The molecular weight excluding hydrogens is 351 g/mol. The molecule has 138 valence electrons. The predicted molar refractivity (Wildman–Crippen MR) is 103 cm³/mol. The number of nitrogens with zero attached hydrogens (tertiary/aromatic N) is 1. The van der Waals surface area contributed by atoms with Crippen molar-refractivity contribution in [2.75, 3.05) is 26.2 Å². The van der Waals surface area contributed by atoms with Crippen molar-refractivity contribution in [2.24, 2.45) is 0 Å². The minimum atomic E-state index is -0.402. The zero-order valence-electron chi connectivity index (χ0n) is 15.0. The predicted octanol–water partition coefficient (Wildman–Crippen LogP) is 4.13. The van der Waals surface area contributed by atoms with E-state index in [9.17, 15) is 4.39 Å². The van der Waals surface area contributed by atoms with Gasteiger partial charge in [0, 0.05) is 13.1 Å². The summed E-state index contributed by atoms with van der Waals surface area (Å²) in [5, 5.41) is 3.81. The van der Waals surface area contributed by atoms with Gasteiger partial charge in [-0.15, -0.1) is 0 Å². The van der Waals surface area contributed by atoms with Gasteiger partial charge in [-0.1, -0.05) is 41.9 Å². The molecule has 2 atom stereocenters. The normalized spacial score (nSPS) is 23.5. The van der Waals surface area contributed by atoms with Gasteiger partial charge in [0.05, 0.1) is 11.1 Å². The van der Waals surface area contributed by atoms with E-state index in [0.29, 0.717) is 5.02 Å². The molecule has 0 aromatic heterocycles. The molecule has 0 unspecified atom stereocenters. The van der Waals surface area contributed by atoms with Crippen LogP contribution in [0.25, 0.3) is 0 Å². The molecule has 1 heterocycles. The summed E-state index contributed by atoms with van der Waals surface area (Å²) in [5.74, 6) is -0.229. The maximum Gasteiger partial charge on any atom is 0.174 e. The largest absolute Gasteiger partial charge is 0.479 e. The van der Waals surface area contributed by atoms with E-state index >= 15 is 0 Å². The highest BCUT2D eigenvalue weighted by atomic mass is 35.5. The first-order valence-electron chi connectivity index (χ1n) is 9.29. The lowest BCUT2D eigenvalue weighted by Gasteiger charge is -2.32. The fraction of sp³-hybridized carbons (Fsp3) is 0.429. The Morgan fingerprint density at radius 1 is 1.15 bits per heavy atom. The van der Waals surface area contributed by atoms with Crippen LogP contribution >= 0.6 is 11.6 Å². The lowest BCUT2D eigenvalue weighted by molar-refractivity contribution is 0.0791. The second-order valence-corrected chi connectivity index (χ2v) is 7.53. The van der Waals surface area contributed by atoms with Gasteiger partial charge in [0.2, 0.25) is 0 Å². The Morgan fingerprint density at radius 3 is 2.88 bits per heavy atom. The van der Waals surface area contributed by atoms with Gasteiger partial charge in [0.1, 0.15) is 6.10 Å². The lowest BCUT2D eigenvalue weighted by Crippen LogP contribution is -2.42. The van der Waals surface area contributed by atoms with Gasteiger partial charge in [0.25, 0.3) is 0 Å². The molecule has 5 heteroatoms. The molecule has 0 bridgehead atoms. The summed E-state index contributed by atoms with van der Waals surface area (Å²) in [7, 11) is 0. The molecule has 0 amide bonds. The second kappa shape index (κ2) is 7.55. The number of fused-ring (bicyclic) bond motifs is 1. The van der Waals surface area contributed by atoms with E-state index in [1.54, 1.807) is 6.07 Å². The SMILES string of the molecule is Cc1ccc(F)c(O[C@H]2c3ccccc3C[C@H]2N2CCCNCC2)c1Cl. The zero-order valence-corrected chi connectivity index (χ0v) is 15.7. The maximum absolute atomic E-state index is 14.5. The second-order valence-electron chi connectivity index (χ2n) is 7.16. The van der Waals surface area contributed by atoms with Gasteiger partial charge >= 0.3 is 0 Å². The van der Waals surface area contributed by atoms with Crippen LogP contribution in [0.2, 0.25) is 5.02 Å². The Hall–Kier alpha value is -1.62. The van der Waals surface area contributed by atoms with Crippen LogP contribution in [-0.2, 0) is 6.42 Å². The molecule has 1 saturated heterocycles. The van der Waals surface area contributed by atoms with Crippen molar-refractivity contribution < 1.29 is 9.13 Å². The van der Waals surface area contributed by atoms with Crippen molar-refractivity contribution in [2.45, 2.75) is 31.9 Å². The molecular formula is C21H24ClFN2O. The first-order valence-corrected chi connectivity index (χ1v) is 9.67. The number of rotatable bonds is 3. The van der Waals surface area contributed by atoms with Crippen molar-refractivity contribution in [3.05, 3.63) is 63.9 Å². The molecule has 0 spiro atoms. The molecule has 1 aliphatic carbocycles. The summed E-state index contributed by atoms with van der Waals surface area (Å²) < 4.78 is 20.7. The Balaban J connectivity index is 1.69. The fourth-order valence-corrected chi connectivity index (χ4v) is 4.26. The van der Waals surface area contributed by atoms with Crippen LogP contribution in [0.15, 0.2) is 36.4 Å². The van der Waals surface area contributed by atoms with Crippen molar-refractivity contribution in [3.8, 4) is 5.75 Å². The molecule has 2 aromatic carbocycles. The van der Waals surface area contributed by atoms with Crippen LogP contribution in [0.5, 0.6) is 5.75 Å². The Kier molecular flexibility index (Phi) is 5.16. The summed E-state index contributed by atoms with van der Waals surface area (Å²) in [5.41, 5.74) is 3.25. The number of halogens is 2. The van der Waals surface area contributed by atoms with E-state index in [2.05, 4.69) is 28.4 Å². The van der Waals surface area contributed by atoms with Gasteiger partial charge in [-0.05, 0) is 55.6 Å². The van der Waals surface area contributed by atoms with Crippen LogP contribution in [0.4, 0.5) is 4.39 Å². The van der Waals surface area contributed by atoms with Gasteiger partial charge in [-0.3, -0.25) is 4.90 Å². The highest BCUT2D eigenvalue weighted by Crippen LogP contribution is 2.41. The number of nitrogens with one attached hydrogen (secondary N) is 1. The molecule has 2 aliphatic rings. The van der Waals surface area contributed by atoms with E-state index in [1.807, 2.05) is 13.0 Å². The molecule has 26 heavy (non-hydrogen) atoms. The van der Waals surface area contributed by atoms with E-state index in [0.717, 1.165) is 50.1 Å². The number of benzene rings is 2. The zero-order chi connectivity index (χ0) is 18.1. The van der Waals surface area contributed by atoms with Gasteiger partial charge in [-0.25, -0.2) is 4.39 Å². The number of hydrogen-bond donors (Lipinski definition) is 1. The highest BCUT2D eigenvalue weighted by molar-refractivity contribution is 6.32.